The van der Waals surface area contributed by atoms with E-state index in [2.05, 4.69) is 5.32 Å². The van der Waals surface area contributed by atoms with Gasteiger partial charge < -0.3 is 15.8 Å². The Labute approximate surface area is 97.9 Å². The van der Waals surface area contributed by atoms with Crippen LogP contribution in [0.5, 0.6) is 0 Å². The van der Waals surface area contributed by atoms with E-state index in [1.165, 1.54) is 25.7 Å². The summed E-state index contributed by atoms with van der Waals surface area (Å²) in [7, 11) is 0. The van der Waals surface area contributed by atoms with Crippen molar-refractivity contribution in [3.63, 3.8) is 0 Å². The topological polar surface area (TPSA) is 64.3 Å². The summed E-state index contributed by atoms with van der Waals surface area (Å²) in [6.45, 7) is 3.75. The fourth-order valence-electron chi connectivity index (χ4n) is 2.35. The Morgan fingerprint density at radius 3 is 2.88 bits per heavy atom. The van der Waals surface area contributed by atoms with Gasteiger partial charge in [0.2, 0.25) is 0 Å². The maximum Gasteiger partial charge on any atom is 0.307 e. The summed E-state index contributed by atoms with van der Waals surface area (Å²) in [6, 6.07) is 0.494. The van der Waals surface area contributed by atoms with E-state index in [4.69, 9.17) is 10.5 Å². The van der Waals surface area contributed by atoms with Crippen LogP contribution in [0.3, 0.4) is 0 Å². The molecule has 0 amide bonds. The number of carbonyl (C=O) groups excluding carboxylic acids is 1. The van der Waals surface area contributed by atoms with Crippen LogP contribution >= 0.6 is 0 Å². The number of hydrogen-bond acceptors (Lipinski definition) is 4. The largest absolute Gasteiger partial charge is 0.466 e. The Bertz CT molecular complexity index is 209. The molecule has 0 aromatic carbocycles. The molecule has 1 aliphatic carbocycles. The van der Waals surface area contributed by atoms with Gasteiger partial charge in [0.25, 0.3) is 0 Å². The SMILES string of the molecule is CCOC(=O)CCNC1CCCCC1CN. The van der Waals surface area contributed by atoms with Gasteiger partial charge in [-0.05, 0) is 32.2 Å². The number of nitrogens with one attached hydrogen (secondary N) is 1. The van der Waals surface area contributed by atoms with Crippen LogP contribution in [0.25, 0.3) is 0 Å². The molecule has 2 atom stereocenters. The van der Waals surface area contributed by atoms with Crippen molar-refractivity contribution in [2.45, 2.75) is 45.1 Å². The van der Waals surface area contributed by atoms with Gasteiger partial charge in [0.15, 0.2) is 0 Å². The Hall–Kier alpha value is -0.610. The van der Waals surface area contributed by atoms with E-state index in [0.717, 1.165) is 6.54 Å². The first-order valence-corrected chi connectivity index (χ1v) is 6.37. The van der Waals surface area contributed by atoms with Crippen LogP contribution in [0, 0.1) is 5.92 Å². The molecule has 0 radical (unpaired) electrons. The average Bonchev–Trinajstić information content (AvgIpc) is 2.30. The number of nitrogens with two attached hydrogens (primary N) is 1. The molecule has 3 N–H and O–H groups in total. The highest BCUT2D eigenvalue weighted by Gasteiger charge is 2.23. The summed E-state index contributed by atoms with van der Waals surface area (Å²) >= 11 is 0. The van der Waals surface area contributed by atoms with Gasteiger partial charge in [-0.2, -0.15) is 0 Å². The van der Waals surface area contributed by atoms with Crippen LogP contribution in [-0.4, -0.2) is 31.7 Å². The van der Waals surface area contributed by atoms with Gasteiger partial charge >= 0.3 is 5.97 Å². The molecule has 0 aromatic rings. The molecule has 0 spiro atoms. The maximum absolute atomic E-state index is 11.1. The highest BCUT2D eigenvalue weighted by atomic mass is 16.5. The lowest BCUT2D eigenvalue weighted by Crippen LogP contribution is -2.42. The van der Waals surface area contributed by atoms with E-state index in [0.29, 0.717) is 31.5 Å². The molecule has 0 aromatic heterocycles. The van der Waals surface area contributed by atoms with Crippen molar-refractivity contribution in [2.75, 3.05) is 19.7 Å². The fourth-order valence-corrected chi connectivity index (χ4v) is 2.35. The summed E-state index contributed by atoms with van der Waals surface area (Å²) in [5.74, 6) is 0.464. The molecular formula is C12H24N2O2. The lowest BCUT2D eigenvalue weighted by atomic mass is 9.84. The monoisotopic (exact) mass is 228 g/mol. The predicted octanol–water partition coefficient (Wildman–Crippen LogP) is 1.05. The van der Waals surface area contributed by atoms with Gasteiger partial charge in [-0.25, -0.2) is 0 Å². The number of carbonyl (C=O) groups is 1. The number of hydrogen-bond donors (Lipinski definition) is 2. The quantitative estimate of drug-likeness (QED) is 0.667. The molecule has 4 nitrogen and oxygen atoms in total. The summed E-state index contributed by atoms with van der Waals surface area (Å²) in [5.41, 5.74) is 5.74. The zero-order valence-electron chi connectivity index (χ0n) is 10.2. The molecule has 0 saturated heterocycles. The lowest BCUT2D eigenvalue weighted by Gasteiger charge is -2.31. The van der Waals surface area contributed by atoms with E-state index in [1.54, 1.807) is 0 Å². The van der Waals surface area contributed by atoms with Crippen molar-refractivity contribution < 1.29 is 9.53 Å². The molecule has 0 aliphatic heterocycles. The van der Waals surface area contributed by atoms with Crippen LogP contribution in [0.4, 0.5) is 0 Å². The molecule has 1 fully saturated rings. The molecule has 1 saturated carbocycles. The zero-order chi connectivity index (χ0) is 11.8. The number of rotatable bonds is 6. The second-order valence-electron chi connectivity index (χ2n) is 4.40. The Balaban J connectivity index is 2.17. The Morgan fingerprint density at radius 1 is 1.44 bits per heavy atom. The average molecular weight is 228 g/mol. The van der Waals surface area contributed by atoms with Gasteiger partial charge in [-0.15, -0.1) is 0 Å². The standard InChI is InChI=1S/C12H24N2O2/c1-2-16-12(15)7-8-14-11-6-4-3-5-10(11)9-13/h10-11,14H,2-9,13H2,1H3. The minimum absolute atomic E-state index is 0.116. The summed E-state index contributed by atoms with van der Waals surface area (Å²) in [6.07, 6.45) is 5.42. The predicted molar refractivity (Wildman–Crippen MR) is 64.1 cm³/mol. The van der Waals surface area contributed by atoms with E-state index < -0.39 is 0 Å². The van der Waals surface area contributed by atoms with E-state index in [-0.39, 0.29) is 5.97 Å². The van der Waals surface area contributed by atoms with Crippen LogP contribution in [0.1, 0.15) is 39.0 Å². The normalized spacial score (nSPS) is 25.4. The number of ether oxygens (including phenoxy) is 1. The zero-order valence-corrected chi connectivity index (χ0v) is 10.2. The minimum atomic E-state index is -0.116. The first-order valence-electron chi connectivity index (χ1n) is 6.37. The van der Waals surface area contributed by atoms with E-state index in [1.807, 2.05) is 6.92 Å². The summed E-state index contributed by atoms with van der Waals surface area (Å²) < 4.78 is 4.88. The first-order chi connectivity index (χ1) is 7.77. The lowest BCUT2D eigenvalue weighted by molar-refractivity contribution is -0.143. The van der Waals surface area contributed by atoms with Gasteiger partial charge in [-0.3, -0.25) is 4.79 Å². The van der Waals surface area contributed by atoms with E-state index >= 15 is 0 Å². The van der Waals surface area contributed by atoms with Crippen LogP contribution in [0.2, 0.25) is 0 Å². The smallest absolute Gasteiger partial charge is 0.307 e. The van der Waals surface area contributed by atoms with Gasteiger partial charge in [0.05, 0.1) is 13.0 Å². The third-order valence-electron chi connectivity index (χ3n) is 3.25. The van der Waals surface area contributed by atoms with Crippen LogP contribution in [-0.2, 0) is 9.53 Å². The van der Waals surface area contributed by atoms with Crippen molar-refractivity contribution in [1.29, 1.82) is 0 Å². The molecule has 94 valence electrons. The van der Waals surface area contributed by atoms with Crippen LogP contribution < -0.4 is 11.1 Å². The third-order valence-corrected chi connectivity index (χ3v) is 3.25. The molecular weight excluding hydrogens is 204 g/mol. The minimum Gasteiger partial charge on any atom is -0.466 e. The molecule has 4 heteroatoms. The molecule has 1 aliphatic rings. The van der Waals surface area contributed by atoms with Crippen molar-refractivity contribution in [3.8, 4) is 0 Å². The van der Waals surface area contributed by atoms with Gasteiger partial charge in [0.1, 0.15) is 0 Å². The maximum atomic E-state index is 11.1. The van der Waals surface area contributed by atoms with Crippen molar-refractivity contribution in [2.24, 2.45) is 11.7 Å². The number of esters is 1. The second-order valence-corrected chi connectivity index (χ2v) is 4.40. The Kier molecular flexibility index (Phi) is 6.42. The highest BCUT2D eigenvalue weighted by molar-refractivity contribution is 5.69. The molecule has 0 bridgehead atoms. The highest BCUT2D eigenvalue weighted by Crippen LogP contribution is 2.23. The molecule has 16 heavy (non-hydrogen) atoms. The van der Waals surface area contributed by atoms with E-state index in [9.17, 15) is 4.79 Å². The van der Waals surface area contributed by atoms with Gasteiger partial charge in [-0.1, -0.05) is 12.8 Å². The Morgan fingerprint density at radius 2 is 2.19 bits per heavy atom. The van der Waals surface area contributed by atoms with Crippen molar-refractivity contribution in [1.82, 2.24) is 5.32 Å². The molecule has 1 rings (SSSR count). The second kappa shape index (κ2) is 7.63. The third kappa shape index (κ3) is 4.49. The molecule has 0 heterocycles. The van der Waals surface area contributed by atoms with Crippen molar-refractivity contribution >= 4 is 5.97 Å². The molecule has 2 unspecified atom stereocenters. The first kappa shape index (κ1) is 13.5. The fraction of sp³-hybridized carbons (Fsp3) is 0.917. The van der Waals surface area contributed by atoms with Gasteiger partial charge in [0, 0.05) is 12.6 Å². The summed E-state index contributed by atoms with van der Waals surface area (Å²) in [4.78, 5) is 11.1. The van der Waals surface area contributed by atoms with Crippen LogP contribution in [0.15, 0.2) is 0 Å². The van der Waals surface area contributed by atoms with Crippen molar-refractivity contribution in [3.05, 3.63) is 0 Å². The summed E-state index contributed by atoms with van der Waals surface area (Å²) in [5, 5.41) is 3.43.